The van der Waals surface area contributed by atoms with E-state index in [1.165, 1.54) is 24.3 Å². The predicted molar refractivity (Wildman–Crippen MR) is 125 cm³/mol. The molecule has 1 aromatic heterocycles. The lowest BCUT2D eigenvalue weighted by Crippen LogP contribution is -2.42. The molecule has 0 saturated heterocycles. The summed E-state index contributed by atoms with van der Waals surface area (Å²) in [4.78, 5) is 29.1. The standard InChI is InChI=1S/C24H20N4O4S/c1-16-9-12-19(13-10-16)28-33(31,32)20-7-4-6-18(15-20)23(29)26-27-24(30)22-14-11-17-5-2-3-8-21(17)25-22/h2-15,28H,1H3,(H,26,29)(H,27,30). The fraction of sp³-hybridized carbons (Fsp3) is 0.0417. The highest BCUT2D eigenvalue weighted by atomic mass is 32.2. The van der Waals surface area contributed by atoms with E-state index in [2.05, 4.69) is 20.6 Å². The lowest BCUT2D eigenvalue weighted by Gasteiger charge is -2.11. The zero-order chi connectivity index (χ0) is 23.4. The molecule has 0 bridgehead atoms. The topological polar surface area (TPSA) is 117 Å². The van der Waals surface area contributed by atoms with E-state index in [0.717, 1.165) is 10.9 Å². The second kappa shape index (κ2) is 9.09. The van der Waals surface area contributed by atoms with E-state index in [4.69, 9.17) is 0 Å². The summed E-state index contributed by atoms with van der Waals surface area (Å²) >= 11 is 0. The van der Waals surface area contributed by atoms with Crippen LogP contribution in [0.5, 0.6) is 0 Å². The predicted octanol–water partition coefficient (Wildman–Crippen LogP) is 3.42. The third-order valence-electron chi connectivity index (χ3n) is 4.83. The van der Waals surface area contributed by atoms with Crippen molar-refractivity contribution in [3.8, 4) is 0 Å². The Morgan fingerprint density at radius 2 is 1.52 bits per heavy atom. The number of carbonyl (C=O) groups is 2. The van der Waals surface area contributed by atoms with Gasteiger partial charge in [-0.05, 0) is 49.4 Å². The van der Waals surface area contributed by atoms with Gasteiger partial charge in [0, 0.05) is 16.6 Å². The van der Waals surface area contributed by atoms with Crippen molar-refractivity contribution in [2.75, 3.05) is 4.72 Å². The van der Waals surface area contributed by atoms with Crippen molar-refractivity contribution in [3.63, 3.8) is 0 Å². The van der Waals surface area contributed by atoms with Crippen molar-refractivity contribution < 1.29 is 18.0 Å². The van der Waals surface area contributed by atoms with Crippen molar-refractivity contribution in [2.45, 2.75) is 11.8 Å². The molecule has 9 heteroatoms. The first-order chi connectivity index (χ1) is 15.8. The van der Waals surface area contributed by atoms with E-state index >= 15 is 0 Å². The molecule has 0 atom stereocenters. The zero-order valence-electron chi connectivity index (χ0n) is 17.6. The van der Waals surface area contributed by atoms with Crippen molar-refractivity contribution in [1.82, 2.24) is 15.8 Å². The molecule has 2 amide bonds. The number of aromatic nitrogens is 1. The van der Waals surface area contributed by atoms with E-state index in [-0.39, 0.29) is 16.2 Å². The fourth-order valence-electron chi connectivity index (χ4n) is 3.08. The van der Waals surface area contributed by atoms with Gasteiger partial charge in [-0.1, -0.05) is 48.0 Å². The Bertz CT molecular complexity index is 1450. The molecule has 0 spiro atoms. The van der Waals surface area contributed by atoms with Crippen LogP contribution in [0.4, 0.5) is 5.69 Å². The first-order valence-corrected chi connectivity index (χ1v) is 11.5. The minimum atomic E-state index is -3.90. The van der Waals surface area contributed by atoms with E-state index in [0.29, 0.717) is 11.2 Å². The molecule has 0 saturated carbocycles. The summed E-state index contributed by atoms with van der Waals surface area (Å²) in [5.41, 5.74) is 6.84. The van der Waals surface area contributed by atoms with Gasteiger partial charge in [0.05, 0.1) is 10.4 Å². The van der Waals surface area contributed by atoms with Gasteiger partial charge in [-0.2, -0.15) is 0 Å². The van der Waals surface area contributed by atoms with Crippen LogP contribution < -0.4 is 15.6 Å². The van der Waals surface area contributed by atoms with Gasteiger partial charge in [-0.15, -0.1) is 0 Å². The van der Waals surface area contributed by atoms with Gasteiger partial charge in [0.2, 0.25) is 0 Å². The number of hydrogen-bond acceptors (Lipinski definition) is 5. The van der Waals surface area contributed by atoms with E-state index in [9.17, 15) is 18.0 Å². The van der Waals surface area contributed by atoms with Crippen LogP contribution >= 0.6 is 0 Å². The molecule has 3 N–H and O–H groups in total. The molecule has 166 valence electrons. The smallest absolute Gasteiger partial charge is 0.280 e. The second-order valence-corrected chi connectivity index (χ2v) is 8.98. The molecule has 4 aromatic rings. The molecular weight excluding hydrogens is 440 g/mol. The minimum absolute atomic E-state index is 0.0635. The minimum Gasteiger partial charge on any atom is -0.280 e. The molecule has 0 aliphatic rings. The highest BCUT2D eigenvalue weighted by Gasteiger charge is 2.17. The van der Waals surface area contributed by atoms with E-state index < -0.39 is 21.8 Å². The number of carbonyl (C=O) groups excluding carboxylic acids is 2. The molecule has 0 unspecified atom stereocenters. The summed E-state index contributed by atoms with van der Waals surface area (Å²) in [6.45, 7) is 1.90. The van der Waals surface area contributed by atoms with Crippen LogP contribution in [0.2, 0.25) is 0 Å². The highest BCUT2D eigenvalue weighted by Crippen LogP contribution is 2.18. The van der Waals surface area contributed by atoms with Crippen molar-refractivity contribution in [2.24, 2.45) is 0 Å². The average Bonchev–Trinajstić information content (AvgIpc) is 2.83. The third kappa shape index (κ3) is 5.16. The van der Waals surface area contributed by atoms with E-state index in [1.54, 1.807) is 42.5 Å². The Hall–Kier alpha value is -4.24. The Labute approximate surface area is 190 Å². The van der Waals surface area contributed by atoms with Crippen LogP contribution in [0.25, 0.3) is 10.9 Å². The Kier molecular flexibility index (Phi) is 6.05. The molecule has 0 aliphatic heterocycles. The number of amides is 2. The molecule has 1 heterocycles. The maximum absolute atomic E-state index is 12.7. The van der Waals surface area contributed by atoms with E-state index in [1.807, 2.05) is 25.1 Å². The largest absolute Gasteiger partial charge is 0.288 e. The van der Waals surface area contributed by atoms with Crippen LogP contribution in [0.15, 0.2) is 89.8 Å². The number of para-hydroxylation sites is 1. The number of pyridine rings is 1. The number of nitrogens with zero attached hydrogens (tertiary/aromatic N) is 1. The molecule has 3 aromatic carbocycles. The van der Waals surface area contributed by atoms with Gasteiger partial charge in [-0.3, -0.25) is 25.2 Å². The SMILES string of the molecule is Cc1ccc(NS(=O)(=O)c2cccc(C(=O)NNC(=O)c3ccc4ccccc4n3)c2)cc1. The number of fused-ring (bicyclic) bond motifs is 1. The summed E-state index contributed by atoms with van der Waals surface area (Å²) in [6, 6.07) is 23.0. The molecule has 4 rings (SSSR count). The molecular formula is C24H20N4O4S. The van der Waals surface area contributed by atoms with Gasteiger partial charge in [0.25, 0.3) is 21.8 Å². The number of hydrazine groups is 1. The van der Waals surface area contributed by atoms with Crippen molar-refractivity contribution >= 4 is 38.4 Å². The van der Waals surface area contributed by atoms with Crippen LogP contribution in [0, 0.1) is 6.92 Å². The van der Waals surface area contributed by atoms with Gasteiger partial charge in [-0.25, -0.2) is 13.4 Å². The van der Waals surface area contributed by atoms with Crippen LogP contribution in [0.1, 0.15) is 26.4 Å². The van der Waals surface area contributed by atoms with Crippen molar-refractivity contribution in [1.29, 1.82) is 0 Å². The molecule has 8 nitrogen and oxygen atoms in total. The molecule has 0 radical (unpaired) electrons. The summed E-state index contributed by atoms with van der Waals surface area (Å²) < 4.78 is 27.9. The van der Waals surface area contributed by atoms with Crippen LogP contribution in [-0.4, -0.2) is 25.2 Å². The number of benzene rings is 3. The Morgan fingerprint density at radius 3 is 2.30 bits per heavy atom. The number of anilines is 1. The monoisotopic (exact) mass is 460 g/mol. The summed E-state index contributed by atoms with van der Waals surface area (Å²) in [7, 11) is -3.90. The number of hydrogen-bond donors (Lipinski definition) is 3. The first kappa shape index (κ1) is 22.0. The van der Waals surface area contributed by atoms with Crippen LogP contribution in [0.3, 0.4) is 0 Å². The Morgan fingerprint density at radius 1 is 0.788 bits per heavy atom. The maximum Gasteiger partial charge on any atom is 0.288 e. The summed E-state index contributed by atoms with van der Waals surface area (Å²) in [5, 5.41) is 0.885. The summed E-state index contributed by atoms with van der Waals surface area (Å²) in [5.74, 6) is -1.27. The highest BCUT2D eigenvalue weighted by molar-refractivity contribution is 7.92. The van der Waals surface area contributed by atoms with Gasteiger partial charge in [0.1, 0.15) is 5.69 Å². The molecule has 33 heavy (non-hydrogen) atoms. The lowest BCUT2D eigenvalue weighted by atomic mass is 10.2. The second-order valence-electron chi connectivity index (χ2n) is 7.30. The fourth-order valence-corrected chi connectivity index (χ4v) is 4.19. The first-order valence-electron chi connectivity index (χ1n) is 9.98. The van der Waals surface area contributed by atoms with Gasteiger partial charge >= 0.3 is 0 Å². The molecule has 0 aliphatic carbocycles. The third-order valence-corrected chi connectivity index (χ3v) is 6.21. The number of nitrogens with one attached hydrogen (secondary N) is 3. The number of aryl methyl sites for hydroxylation is 1. The zero-order valence-corrected chi connectivity index (χ0v) is 18.4. The van der Waals surface area contributed by atoms with Gasteiger partial charge < -0.3 is 0 Å². The van der Waals surface area contributed by atoms with Crippen molar-refractivity contribution in [3.05, 3.63) is 102 Å². The number of rotatable bonds is 5. The quantitative estimate of drug-likeness (QED) is 0.395. The maximum atomic E-state index is 12.7. The lowest BCUT2D eigenvalue weighted by molar-refractivity contribution is 0.0844. The normalized spacial score (nSPS) is 11.1. The average molecular weight is 461 g/mol. The number of sulfonamides is 1. The molecule has 0 fully saturated rings. The Balaban J connectivity index is 1.44. The summed E-state index contributed by atoms with van der Waals surface area (Å²) in [6.07, 6.45) is 0. The van der Waals surface area contributed by atoms with Crippen LogP contribution in [-0.2, 0) is 10.0 Å². The van der Waals surface area contributed by atoms with Gasteiger partial charge in [0.15, 0.2) is 0 Å².